The molecule has 2 nitrogen and oxygen atoms in total. The molecule has 2 heteroatoms. The molecule has 0 spiro atoms. The van der Waals surface area contributed by atoms with Gasteiger partial charge in [0.05, 0.1) is 6.61 Å². The summed E-state index contributed by atoms with van der Waals surface area (Å²) in [6.07, 6.45) is 2.95. The minimum atomic E-state index is -0.407. The van der Waals surface area contributed by atoms with Gasteiger partial charge in [0.15, 0.2) is 5.78 Å². The van der Waals surface area contributed by atoms with E-state index in [0.29, 0.717) is 6.61 Å². The molecule has 0 aliphatic carbocycles. The fraction of sp³-hybridized carbons (Fsp3) is 0.308. The molecule has 1 heterocycles. The van der Waals surface area contributed by atoms with E-state index in [1.54, 1.807) is 12.2 Å². The Morgan fingerprint density at radius 2 is 2.13 bits per heavy atom. The second-order valence-electron chi connectivity index (χ2n) is 3.88. The summed E-state index contributed by atoms with van der Waals surface area (Å²) in [7, 11) is 0. The Hall–Kier alpha value is -1.41. The Morgan fingerprint density at radius 1 is 1.33 bits per heavy atom. The van der Waals surface area contributed by atoms with Crippen LogP contribution in [0, 0.1) is 13.8 Å². The topological polar surface area (TPSA) is 26.3 Å². The molecule has 1 aromatic rings. The molecule has 0 aromatic heterocycles. The van der Waals surface area contributed by atoms with Gasteiger partial charge >= 0.3 is 0 Å². The summed E-state index contributed by atoms with van der Waals surface area (Å²) in [5, 5.41) is 0. The van der Waals surface area contributed by atoms with Crippen molar-refractivity contribution < 1.29 is 9.53 Å². The van der Waals surface area contributed by atoms with Crippen LogP contribution in [0.5, 0.6) is 0 Å². The highest BCUT2D eigenvalue weighted by molar-refractivity contribution is 5.95. The van der Waals surface area contributed by atoms with Gasteiger partial charge in [0.1, 0.15) is 6.10 Å². The van der Waals surface area contributed by atoms with Gasteiger partial charge in [0.2, 0.25) is 0 Å². The first-order chi connectivity index (χ1) is 7.18. The molecule has 0 N–H and O–H groups in total. The third-order valence-electron chi connectivity index (χ3n) is 2.61. The molecule has 2 rings (SSSR count). The van der Waals surface area contributed by atoms with E-state index in [4.69, 9.17) is 4.74 Å². The lowest BCUT2D eigenvalue weighted by Crippen LogP contribution is -2.19. The van der Waals surface area contributed by atoms with Crippen LogP contribution >= 0.6 is 0 Å². The van der Waals surface area contributed by atoms with Crippen LogP contribution in [0.1, 0.15) is 22.8 Å². The van der Waals surface area contributed by atoms with Crippen molar-refractivity contribution in [1.29, 1.82) is 0 Å². The molecule has 1 aromatic carbocycles. The molecule has 15 heavy (non-hydrogen) atoms. The van der Waals surface area contributed by atoms with E-state index in [-0.39, 0.29) is 5.78 Å². The SMILES string of the molecule is Cc1ccc(C2OCC=CC2=O)c(C)c1. The molecule has 0 amide bonds. The minimum Gasteiger partial charge on any atom is -0.361 e. The smallest absolute Gasteiger partial charge is 0.188 e. The fourth-order valence-corrected chi connectivity index (χ4v) is 1.85. The molecule has 1 atom stereocenters. The van der Waals surface area contributed by atoms with Gasteiger partial charge in [0, 0.05) is 0 Å². The average Bonchev–Trinajstić information content (AvgIpc) is 2.20. The summed E-state index contributed by atoms with van der Waals surface area (Å²) >= 11 is 0. The Kier molecular flexibility index (Phi) is 2.69. The Labute approximate surface area is 89.6 Å². The molecule has 78 valence electrons. The number of hydrogen-bond donors (Lipinski definition) is 0. The normalized spacial score (nSPS) is 20.7. The van der Waals surface area contributed by atoms with Gasteiger partial charge < -0.3 is 4.74 Å². The van der Waals surface area contributed by atoms with E-state index in [0.717, 1.165) is 11.1 Å². The summed E-state index contributed by atoms with van der Waals surface area (Å²) in [5.41, 5.74) is 3.30. The molecule has 0 fully saturated rings. The average molecular weight is 202 g/mol. The third kappa shape index (κ3) is 2.00. The van der Waals surface area contributed by atoms with Crippen molar-refractivity contribution in [1.82, 2.24) is 0 Å². The maximum Gasteiger partial charge on any atom is 0.188 e. The van der Waals surface area contributed by atoms with Crippen molar-refractivity contribution in [2.75, 3.05) is 6.61 Å². The van der Waals surface area contributed by atoms with Gasteiger partial charge in [-0.15, -0.1) is 0 Å². The van der Waals surface area contributed by atoms with Gasteiger partial charge in [-0.2, -0.15) is 0 Å². The monoisotopic (exact) mass is 202 g/mol. The first kappa shape index (κ1) is 10.1. The summed E-state index contributed by atoms with van der Waals surface area (Å²) in [6, 6.07) is 6.06. The van der Waals surface area contributed by atoms with Crippen LogP contribution < -0.4 is 0 Å². The van der Waals surface area contributed by atoms with Gasteiger partial charge in [-0.1, -0.05) is 29.8 Å². The standard InChI is InChI=1S/C13H14O2/c1-9-5-6-11(10(2)8-9)13-12(14)4-3-7-15-13/h3-6,8,13H,7H2,1-2H3. The van der Waals surface area contributed by atoms with Crippen molar-refractivity contribution >= 4 is 5.78 Å². The first-order valence-corrected chi connectivity index (χ1v) is 5.07. The summed E-state index contributed by atoms with van der Waals surface area (Å²) in [6.45, 7) is 4.57. The highest BCUT2D eigenvalue weighted by atomic mass is 16.5. The van der Waals surface area contributed by atoms with Crippen LogP contribution in [0.3, 0.4) is 0 Å². The summed E-state index contributed by atoms with van der Waals surface area (Å²) in [4.78, 5) is 11.6. The van der Waals surface area contributed by atoms with Crippen LogP contribution in [0.2, 0.25) is 0 Å². The fourth-order valence-electron chi connectivity index (χ4n) is 1.85. The third-order valence-corrected chi connectivity index (χ3v) is 2.61. The van der Waals surface area contributed by atoms with Crippen LogP contribution in [0.15, 0.2) is 30.4 Å². The van der Waals surface area contributed by atoms with Crippen molar-refractivity contribution in [2.45, 2.75) is 20.0 Å². The molecule has 1 aliphatic rings. The number of aryl methyl sites for hydroxylation is 2. The van der Waals surface area contributed by atoms with E-state index >= 15 is 0 Å². The Bertz CT molecular complexity index is 419. The Balaban J connectivity index is 2.37. The number of carbonyl (C=O) groups excluding carboxylic acids is 1. The maximum atomic E-state index is 11.6. The zero-order chi connectivity index (χ0) is 10.8. The molecular weight excluding hydrogens is 188 g/mol. The molecular formula is C13H14O2. The van der Waals surface area contributed by atoms with Crippen LogP contribution in [0.25, 0.3) is 0 Å². The highest BCUT2D eigenvalue weighted by Crippen LogP contribution is 2.25. The number of ketones is 1. The largest absolute Gasteiger partial charge is 0.361 e. The number of rotatable bonds is 1. The van der Waals surface area contributed by atoms with E-state index in [9.17, 15) is 4.79 Å². The lowest BCUT2D eigenvalue weighted by atomic mass is 9.97. The predicted molar refractivity (Wildman–Crippen MR) is 58.8 cm³/mol. The van der Waals surface area contributed by atoms with Crippen molar-refractivity contribution in [3.05, 3.63) is 47.0 Å². The molecule has 0 saturated carbocycles. The highest BCUT2D eigenvalue weighted by Gasteiger charge is 2.22. The molecule has 0 saturated heterocycles. The quantitative estimate of drug-likeness (QED) is 0.699. The minimum absolute atomic E-state index is 0.0354. The predicted octanol–water partition coefficient (Wildman–Crippen LogP) is 2.50. The molecule has 1 aliphatic heterocycles. The molecule has 1 unspecified atom stereocenters. The van der Waals surface area contributed by atoms with Crippen LogP contribution in [0.4, 0.5) is 0 Å². The zero-order valence-electron chi connectivity index (χ0n) is 8.99. The second-order valence-corrected chi connectivity index (χ2v) is 3.88. The van der Waals surface area contributed by atoms with Gasteiger partial charge in [-0.25, -0.2) is 0 Å². The number of ether oxygens (including phenoxy) is 1. The maximum absolute atomic E-state index is 11.6. The summed E-state index contributed by atoms with van der Waals surface area (Å²) < 4.78 is 5.46. The van der Waals surface area contributed by atoms with Crippen molar-refractivity contribution in [3.63, 3.8) is 0 Å². The number of benzene rings is 1. The lowest BCUT2D eigenvalue weighted by molar-refractivity contribution is -0.126. The van der Waals surface area contributed by atoms with E-state index in [2.05, 4.69) is 6.07 Å². The van der Waals surface area contributed by atoms with Crippen molar-refractivity contribution in [3.8, 4) is 0 Å². The number of hydrogen-bond acceptors (Lipinski definition) is 2. The van der Waals surface area contributed by atoms with Gasteiger partial charge in [-0.05, 0) is 31.1 Å². The molecule has 0 bridgehead atoms. The van der Waals surface area contributed by atoms with Gasteiger partial charge in [-0.3, -0.25) is 4.79 Å². The van der Waals surface area contributed by atoms with Crippen molar-refractivity contribution in [2.24, 2.45) is 0 Å². The first-order valence-electron chi connectivity index (χ1n) is 5.07. The van der Waals surface area contributed by atoms with Crippen LogP contribution in [-0.4, -0.2) is 12.4 Å². The van der Waals surface area contributed by atoms with E-state index < -0.39 is 6.10 Å². The Morgan fingerprint density at radius 3 is 2.80 bits per heavy atom. The zero-order valence-corrected chi connectivity index (χ0v) is 8.99. The number of carbonyl (C=O) groups is 1. The second kappa shape index (κ2) is 3.99. The summed E-state index contributed by atoms with van der Waals surface area (Å²) in [5.74, 6) is 0.0354. The van der Waals surface area contributed by atoms with E-state index in [1.165, 1.54) is 5.56 Å². The molecule has 0 radical (unpaired) electrons. The van der Waals surface area contributed by atoms with E-state index in [1.807, 2.05) is 26.0 Å². The van der Waals surface area contributed by atoms with Gasteiger partial charge in [0.25, 0.3) is 0 Å². The lowest BCUT2D eigenvalue weighted by Gasteiger charge is -2.19. The van der Waals surface area contributed by atoms with Crippen LogP contribution in [-0.2, 0) is 9.53 Å².